The topological polar surface area (TPSA) is 109 Å². The summed E-state index contributed by atoms with van der Waals surface area (Å²) in [5.41, 5.74) is -0.0144. The third-order valence-electron chi connectivity index (χ3n) is 4.93. The summed E-state index contributed by atoms with van der Waals surface area (Å²) in [4.78, 5) is 36.2. The number of fused-ring (bicyclic) bond motifs is 1. The summed E-state index contributed by atoms with van der Waals surface area (Å²) in [6.45, 7) is 0.995. The van der Waals surface area contributed by atoms with Crippen LogP contribution in [0.2, 0.25) is 0 Å². The van der Waals surface area contributed by atoms with Crippen molar-refractivity contribution >= 4 is 22.8 Å². The van der Waals surface area contributed by atoms with E-state index in [1.807, 2.05) is 30.3 Å². The predicted octanol–water partition coefficient (Wildman–Crippen LogP) is 3.15. The van der Waals surface area contributed by atoms with Crippen LogP contribution in [0.25, 0.3) is 11.0 Å². The van der Waals surface area contributed by atoms with E-state index in [0.717, 1.165) is 31.2 Å². The van der Waals surface area contributed by atoms with Gasteiger partial charge in [-0.2, -0.15) is 0 Å². The van der Waals surface area contributed by atoms with Crippen molar-refractivity contribution in [3.63, 3.8) is 0 Å². The van der Waals surface area contributed by atoms with E-state index >= 15 is 0 Å². The maximum Gasteiger partial charge on any atom is 0.353 e. The first kappa shape index (κ1) is 22.1. The van der Waals surface area contributed by atoms with Crippen LogP contribution in [0.4, 0.5) is 0 Å². The Labute approximate surface area is 180 Å². The quantitative estimate of drug-likeness (QED) is 0.344. The lowest BCUT2D eigenvalue weighted by atomic mass is 10.1. The molecule has 3 aromatic rings. The second-order valence-electron chi connectivity index (χ2n) is 7.29. The van der Waals surface area contributed by atoms with Gasteiger partial charge < -0.3 is 20.2 Å². The summed E-state index contributed by atoms with van der Waals surface area (Å²) >= 11 is 0. The number of para-hydroxylation sites is 1. The summed E-state index contributed by atoms with van der Waals surface area (Å²) in [6.07, 6.45) is 3.73. The van der Waals surface area contributed by atoms with Crippen molar-refractivity contribution in [2.75, 3.05) is 13.1 Å². The lowest BCUT2D eigenvalue weighted by Crippen LogP contribution is -2.29. The second-order valence-corrected chi connectivity index (χ2v) is 7.29. The van der Waals surface area contributed by atoms with E-state index in [1.54, 1.807) is 24.3 Å². The molecule has 1 aromatic heterocycles. The van der Waals surface area contributed by atoms with E-state index in [0.29, 0.717) is 24.9 Å². The molecule has 0 saturated carbocycles. The van der Waals surface area contributed by atoms with E-state index < -0.39 is 11.5 Å². The number of amides is 2. The first-order chi connectivity index (χ1) is 15.1. The number of carbonyl (C=O) groups is 2. The van der Waals surface area contributed by atoms with E-state index in [1.165, 1.54) is 0 Å². The van der Waals surface area contributed by atoms with Gasteiger partial charge in [0.05, 0.1) is 11.8 Å². The summed E-state index contributed by atoms with van der Waals surface area (Å²) in [7, 11) is 0. The number of rotatable bonds is 10. The van der Waals surface area contributed by atoms with Crippen molar-refractivity contribution in [1.29, 1.82) is 0 Å². The molecule has 3 N–H and O–H groups in total. The standard InChI is InChI=1S/C24H26N2O5/c27-20(16-17-10-4-3-5-11-17)25-14-8-1-2-9-15-26-23(29)21-22(28)18-12-6-7-13-19(18)31-24(21)30/h3-7,10-13,28H,1-2,8-9,14-16H2,(H,25,27)(H,26,29). The van der Waals surface area contributed by atoms with Crippen LogP contribution in [0.3, 0.4) is 0 Å². The number of aromatic hydroxyl groups is 1. The minimum atomic E-state index is -0.861. The van der Waals surface area contributed by atoms with Gasteiger partial charge >= 0.3 is 5.63 Å². The lowest BCUT2D eigenvalue weighted by Gasteiger charge is -2.08. The molecule has 0 atom stereocenters. The Morgan fingerprint density at radius 2 is 1.48 bits per heavy atom. The van der Waals surface area contributed by atoms with Gasteiger partial charge in [0.15, 0.2) is 5.56 Å². The van der Waals surface area contributed by atoms with Gasteiger partial charge in [0.1, 0.15) is 11.3 Å². The van der Waals surface area contributed by atoms with Crippen LogP contribution in [0.15, 0.2) is 63.8 Å². The van der Waals surface area contributed by atoms with Crippen LogP contribution in [0.1, 0.15) is 41.6 Å². The van der Waals surface area contributed by atoms with Crippen molar-refractivity contribution < 1.29 is 19.1 Å². The van der Waals surface area contributed by atoms with Gasteiger partial charge in [-0.25, -0.2) is 4.79 Å². The Bertz CT molecular complexity index is 1090. The largest absolute Gasteiger partial charge is 0.506 e. The minimum absolute atomic E-state index is 0.00693. The molecule has 7 heteroatoms. The van der Waals surface area contributed by atoms with Crippen LogP contribution in [-0.2, 0) is 11.2 Å². The first-order valence-electron chi connectivity index (χ1n) is 10.4. The molecule has 0 aliphatic rings. The average Bonchev–Trinajstić information content (AvgIpc) is 2.76. The van der Waals surface area contributed by atoms with Crippen molar-refractivity contribution in [2.24, 2.45) is 0 Å². The molecule has 3 rings (SSSR count). The van der Waals surface area contributed by atoms with Gasteiger partial charge in [-0.3, -0.25) is 9.59 Å². The second kappa shape index (κ2) is 11.0. The molecule has 0 unspecified atom stereocenters. The highest BCUT2D eigenvalue weighted by molar-refractivity contribution is 6.01. The zero-order valence-electron chi connectivity index (χ0n) is 17.2. The molecule has 162 valence electrons. The Hall–Kier alpha value is -3.61. The molecular formula is C24H26N2O5. The van der Waals surface area contributed by atoms with Gasteiger partial charge in [-0.05, 0) is 30.5 Å². The highest BCUT2D eigenvalue weighted by Crippen LogP contribution is 2.25. The molecule has 31 heavy (non-hydrogen) atoms. The third-order valence-corrected chi connectivity index (χ3v) is 4.93. The highest BCUT2D eigenvalue weighted by Gasteiger charge is 2.20. The zero-order chi connectivity index (χ0) is 22.1. The molecule has 0 aliphatic carbocycles. The summed E-state index contributed by atoms with van der Waals surface area (Å²) in [6, 6.07) is 16.1. The summed E-state index contributed by atoms with van der Waals surface area (Å²) in [5, 5.41) is 16.2. The Balaban J connectivity index is 1.33. The average molecular weight is 422 g/mol. The molecule has 2 aromatic carbocycles. The Morgan fingerprint density at radius 1 is 0.839 bits per heavy atom. The minimum Gasteiger partial charge on any atom is -0.506 e. The van der Waals surface area contributed by atoms with Crippen molar-refractivity contribution in [3.05, 3.63) is 76.1 Å². The fourth-order valence-corrected chi connectivity index (χ4v) is 3.30. The fraction of sp³-hybridized carbons (Fsp3) is 0.292. The van der Waals surface area contributed by atoms with Crippen LogP contribution in [0, 0.1) is 0 Å². The maximum atomic E-state index is 12.3. The van der Waals surface area contributed by atoms with Crippen LogP contribution < -0.4 is 16.3 Å². The maximum absolute atomic E-state index is 12.3. The molecule has 7 nitrogen and oxygen atoms in total. The van der Waals surface area contributed by atoms with Gasteiger partial charge in [-0.15, -0.1) is 0 Å². The predicted molar refractivity (Wildman–Crippen MR) is 118 cm³/mol. The third kappa shape index (κ3) is 6.18. The molecule has 0 fully saturated rings. The van der Waals surface area contributed by atoms with E-state index in [9.17, 15) is 19.5 Å². The number of benzene rings is 2. The normalized spacial score (nSPS) is 10.7. The summed E-state index contributed by atoms with van der Waals surface area (Å²) in [5.74, 6) is -1.01. The number of nitrogens with one attached hydrogen (secondary N) is 2. The van der Waals surface area contributed by atoms with E-state index in [4.69, 9.17) is 4.42 Å². The molecule has 1 heterocycles. The molecule has 0 radical (unpaired) electrons. The molecule has 0 bridgehead atoms. The van der Waals surface area contributed by atoms with Crippen molar-refractivity contribution in [2.45, 2.75) is 32.1 Å². The van der Waals surface area contributed by atoms with Crippen LogP contribution in [-0.4, -0.2) is 30.0 Å². The molecular weight excluding hydrogens is 396 g/mol. The molecule has 0 saturated heterocycles. The van der Waals surface area contributed by atoms with Crippen molar-refractivity contribution in [3.8, 4) is 5.75 Å². The molecule has 0 spiro atoms. The number of unbranched alkanes of at least 4 members (excludes halogenated alkanes) is 3. The molecule has 2 amide bonds. The Morgan fingerprint density at radius 3 is 2.23 bits per heavy atom. The number of hydrogen-bond acceptors (Lipinski definition) is 5. The van der Waals surface area contributed by atoms with Crippen LogP contribution in [0.5, 0.6) is 5.75 Å². The van der Waals surface area contributed by atoms with E-state index in [-0.39, 0.29) is 22.8 Å². The van der Waals surface area contributed by atoms with Crippen LogP contribution >= 0.6 is 0 Å². The number of hydrogen-bond donors (Lipinski definition) is 3. The van der Waals surface area contributed by atoms with Gasteiger partial charge in [0.2, 0.25) is 5.91 Å². The van der Waals surface area contributed by atoms with E-state index in [2.05, 4.69) is 10.6 Å². The SMILES string of the molecule is O=C(Cc1ccccc1)NCCCCCCNC(=O)c1c(O)c2ccccc2oc1=O. The molecule has 0 aliphatic heterocycles. The monoisotopic (exact) mass is 422 g/mol. The zero-order valence-corrected chi connectivity index (χ0v) is 17.2. The van der Waals surface area contributed by atoms with Gasteiger partial charge in [-0.1, -0.05) is 55.3 Å². The summed E-state index contributed by atoms with van der Waals surface area (Å²) < 4.78 is 5.11. The number of carbonyl (C=O) groups excluding carboxylic acids is 2. The Kier molecular flexibility index (Phi) is 7.81. The smallest absolute Gasteiger partial charge is 0.353 e. The highest BCUT2D eigenvalue weighted by atomic mass is 16.4. The van der Waals surface area contributed by atoms with Crippen molar-refractivity contribution in [1.82, 2.24) is 10.6 Å². The lowest BCUT2D eigenvalue weighted by molar-refractivity contribution is -0.120. The van der Waals surface area contributed by atoms with Gasteiger partial charge in [0.25, 0.3) is 5.91 Å². The fourth-order valence-electron chi connectivity index (χ4n) is 3.30. The first-order valence-corrected chi connectivity index (χ1v) is 10.4. The van der Waals surface area contributed by atoms with Gasteiger partial charge in [0, 0.05) is 13.1 Å².